The van der Waals surface area contributed by atoms with E-state index in [4.69, 9.17) is 5.26 Å². The van der Waals surface area contributed by atoms with E-state index in [1.54, 1.807) is 0 Å². The van der Waals surface area contributed by atoms with E-state index in [0.717, 1.165) is 0 Å². The average Bonchev–Trinajstić information content (AvgIpc) is 2.15. The zero-order valence-corrected chi connectivity index (χ0v) is 8.33. The van der Waals surface area contributed by atoms with Crippen LogP contribution in [0.4, 0.5) is 0 Å². The number of esters is 1. The largest absolute Gasteiger partial charge is 0.464 e. The van der Waals surface area contributed by atoms with E-state index in [0.29, 0.717) is 10.2 Å². The first-order valence-corrected chi connectivity index (χ1v) is 4.12. The second-order valence-electron chi connectivity index (χ2n) is 2.17. The molecule has 5 heteroatoms. The van der Waals surface area contributed by atoms with Crippen molar-refractivity contribution in [3.05, 3.63) is 28.0 Å². The molecule has 0 saturated heterocycles. The molecule has 1 rings (SSSR count). The summed E-state index contributed by atoms with van der Waals surface area (Å²) in [7, 11) is 1.26. The minimum atomic E-state index is -0.558. The summed E-state index contributed by atoms with van der Waals surface area (Å²) in [6.45, 7) is 0. The van der Waals surface area contributed by atoms with Crippen LogP contribution in [0.1, 0.15) is 16.1 Å². The summed E-state index contributed by atoms with van der Waals surface area (Å²) < 4.78 is 4.90. The van der Waals surface area contributed by atoms with E-state index in [2.05, 4.69) is 25.7 Å². The van der Waals surface area contributed by atoms with Crippen LogP contribution in [-0.2, 0) is 4.74 Å². The zero-order valence-electron chi connectivity index (χ0n) is 6.74. The zero-order chi connectivity index (χ0) is 9.84. The summed E-state index contributed by atoms with van der Waals surface area (Å²) in [5.41, 5.74) is 0.482. The SMILES string of the molecule is COC(=O)c1cc(C#N)cc(Br)n1. The molecular formula is C8H5BrN2O2. The molecule has 0 amide bonds. The second kappa shape index (κ2) is 4.01. The Morgan fingerprint density at radius 2 is 2.38 bits per heavy atom. The fourth-order valence-corrected chi connectivity index (χ4v) is 1.21. The summed E-state index contributed by atoms with van der Waals surface area (Å²) in [5.74, 6) is -0.558. The van der Waals surface area contributed by atoms with Gasteiger partial charge in [0.25, 0.3) is 0 Å². The topological polar surface area (TPSA) is 63.0 Å². The van der Waals surface area contributed by atoms with E-state index in [1.165, 1.54) is 19.2 Å². The normalized spacial score (nSPS) is 9.00. The molecule has 1 aromatic rings. The van der Waals surface area contributed by atoms with Gasteiger partial charge < -0.3 is 4.74 Å². The molecular weight excluding hydrogens is 236 g/mol. The molecule has 13 heavy (non-hydrogen) atoms. The van der Waals surface area contributed by atoms with Crippen LogP contribution < -0.4 is 0 Å². The molecule has 0 unspecified atom stereocenters. The van der Waals surface area contributed by atoms with Gasteiger partial charge in [0.1, 0.15) is 4.60 Å². The monoisotopic (exact) mass is 240 g/mol. The maximum Gasteiger partial charge on any atom is 0.356 e. The minimum absolute atomic E-state index is 0.119. The third-order valence-corrected chi connectivity index (χ3v) is 1.72. The van der Waals surface area contributed by atoms with Crippen LogP contribution in [0.25, 0.3) is 0 Å². The quantitative estimate of drug-likeness (QED) is 0.552. The van der Waals surface area contributed by atoms with Crippen molar-refractivity contribution in [2.75, 3.05) is 7.11 Å². The Kier molecular flexibility index (Phi) is 2.98. The second-order valence-corrected chi connectivity index (χ2v) is 2.98. The van der Waals surface area contributed by atoms with Crippen molar-refractivity contribution in [3.63, 3.8) is 0 Å². The average molecular weight is 241 g/mol. The molecule has 0 bridgehead atoms. The number of hydrogen-bond acceptors (Lipinski definition) is 4. The number of hydrogen-bond donors (Lipinski definition) is 0. The number of halogens is 1. The Balaban J connectivity index is 3.17. The third kappa shape index (κ3) is 2.26. The van der Waals surface area contributed by atoms with Gasteiger partial charge in [0.2, 0.25) is 0 Å². The lowest BCUT2D eigenvalue weighted by atomic mass is 10.2. The van der Waals surface area contributed by atoms with Gasteiger partial charge in [-0.2, -0.15) is 5.26 Å². The predicted molar refractivity (Wildman–Crippen MR) is 48.0 cm³/mol. The Bertz CT molecular complexity index is 384. The number of methoxy groups -OCH3 is 1. The number of carbonyl (C=O) groups excluding carboxylic acids is 1. The van der Waals surface area contributed by atoms with Crippen molar-refractivity contribution in [1.29, 1.82) is 5.26 Å². The first-order chi connectivity index (χ1) is 6.17. The lowest BCUT2D eigenvalue weighted by molar-refractivity contribution is 0.0594. The highest BCUT2D eigenvalue weighted by atomic mass is 79.9. The van der Waals surface area contributed by atoms with Crippen molar-refractivity contribution in [2.24, 2.45) is 0 Å². The van der Waals surface area contributed by atoms with Crippen molar-refractivity contribution in [3.8, 4) is 6.07 Å². The Hall–Kier alpha value is -1.41. The summed E-state index contributed by atoms with van der Waals surface area (Å²) >= 11 is 3.08. The molecule has 0 N–H and O–H groups in total. The molecule has 0 aliphatic carbocycles. The number of nitrogens with zero attached hydrogens (tertiary/aromatic N) is 2. The van der Waals surface area contributed by atoms with Crippen molar-refractivity contribution in [1.82, 2.24) is 4.98 Å². The van der Waals surface area contributed by atoms with Gasteiger partial charge >= 0.3 is 5.97 Å². The lowest BCUT2D eigenvalue weighted by Gasteiger charge is -1.98. The molecule has 0 aliphatic rings. The van der Waals surface area contributed by atoms with Crippen LogP contribution in [0.3, 0.4) is 0 Å². The Labute approximate surface area is 83.3 Å². The minimum Gasteiger partial charge on any atom is -0.464 e. The maximum atomic E-state index is 11.0. The third-order valence-electron chi connectivity index (χ3n) is 1.32. The van der Waals surface area contributed by atoms with Gasteiger partial charge in [0.05, 0.1) is 18.7 Å². The summed E-state index contributed by atoms with van der Waals surface area (Å²) in [5, 5.41) is 8.59. The van der Waals surface area contributed by atoms with E-state index >= 15 is 0 Å². The highest BCUT2D eigenvalue weighted by molar-refractivity contribution is 9.10. The van der Waals surface area contributed by atoms with Crippen LogP contribution in [0.2, 0.25) is 0 Å². The molecule has 1 aromatic heterocycles. The molecule has 0 spiro atoms. The molecule has 0 radical (unpaired) electrons. The molecule has 0 saturated carbocycles. The number of pyridine rings is 1. The standard InChI is InChI=1S/C8H5BrN2O2/c1-13-8(12)6-2-5(4-10)3-7(9)11-6/h2-3H,1H3. The first-order valence-electron chi connectivity index (χ1n) is 3.33. The number of ether oxygens (including phenoxy) is 1. The number of carbonyl (C=O) groups is 1. The fraction of sp³-hybridized carbons (Fsp3) is 0.125. The van der Waals surface area contributed by atoms with Crippen molar-refractivity contribution >= 4 is 21.9 Å². The van der Waals surface area contributed by atoms with Crippen LogP contribution in [0.5, 0.6) is 0 Å². The summed E-state index contributed by atoms with van der Waals surface area (Å²) in [6, 6.07) is 4.80. The summed E-state index contributed by atoms with van der Waals surface area (Å²) in [6.07, 6.45) is 0. The van der Waals surface area contributed by atoms with Crippen LogP contribution >= 0.6 is 15.9 Å². The van der Waals surface area contributed by atoms with E-state index in [-0.39, 0.29) is 5.69 Å². The van der Waals surface area contributed by atoms with Gasteiger partial charge in [-0.05, 0) is 28.1 Å². The highest BCUT2D eigenvalue weighted by Gasteiger charge is 2.09. The van der Waals surface area contributed by atoms with Gasteiger partial charge in [-0.15, -0.1) is 0 Å². The van der Waals surface area contributed by atoms with E-state index < -0.39 is 5.97 Å². The van der Waals surface area contributed by atoms with Gasteiger partial charge in [-0.25, -0.2) is 9.78 Å². The van der Waals surface area contributed by atoms with E-state index in [1.807, 2.05) is 6.07 Å². The van der Waals surface area contributed by atoms with E-state index in [9.17, 15) is 4.79 Å². The lowest BCUT2D eigenvalue weighted by Crippen LogP contribution is -2.04. The number of nitriles is 1. The summed E-state index contributed by atoms with van der Waals surface area (Å²) in [4.78, 5) is 14.9. The molecule has 1 heterocycles. The molecule has 0 aromatic carbocycles. The molecule has 0 fully saturated rings. The molecule has 66 valence electrons. The van der Waals surface area contributed by atoms with Crippen molar-refractivity contribution in [2.45, 2.75) is 0 Å². The van der Waals surface area contributed by atoms with Gasteiger partial charge in [0, 0.05) is 0 Å². The smallest absolute Gasteiger partial charge is 0.356 e. The molecule has 0 aliphatic heterocycles. The highest BCUT2D eigenvalue weighted by Crippen LogP contribution is 2.11. The first kappa shape index (κ1) is 9.68. The van der Waals surface area contributed by atoms with Gasteiger partial charge in [0.15, 0.2) is 5.69 Å². The van der Waals surface area contributed by atoms with Crippen LogP contribution in [-0.4, -0.2) is 18.1 Å². The maximum absolute atomic E-state index is 11.0. The van der Waals surface area contributed by atoms with Gasteiger partial charge in [-0.3, -0.25) is 0 Å². The Morgan fingerprint density at radius 3 is 2.92 bits per heavy atom. The van der Waals surface area contributed by atoms with Crippen molar-refractivity contribution < 1.29 is 9.53 Å². The predicted octanol–water partition coefficient (Wildman–Crippen LogP) is 1.50. The number of aromatic nitrogens is 1. The fourth-order valence-electron chi connectivity index (χ4n) is 0.771. The number of rotatable bonds is 1. The molecule has 4 nitrogen and oxygen atoms in total. The molecule has 0 atom stereocenters. The Morgan fingerprint density at radius 1 is 1.69 bits per heavy atom. The van der Waals surface area contributed by atoms with Crippen LogP contribution in [0.15, 0.2) is 16.7 Å². The van der Waals surface area contributed by atoms with Crippen LogP contribution in [0, 0.1) is 11.3 Å². The van der Waals surface area contributed by atoms with Gasteiger partial charge in [-0.1, -0.05) is 0 Å².